The summed E-state index contributed by atoms with van der Waals surface area (Å²) >= 11 is 0. The summed E-state index contributed by atoms with van der Waals surface area (Å²) in [6, 6.07) is 5.31. The molecule has 0 bridgehead atoms. The van der Waals surface area contributed by atoms with Crippen molar-refractivity contribution >= 4 is 11.5 Å². The molecule has 1 aliphatic carbocycles. The fraction of sp³-hybridized carbons (Fsp3) is 0.682. The van der Waals surface area contributed by atoms with Crippen LogP contribution in [0.3, 0.4) is 0 Å². The van der Waals surface area contributed by atoms with E-state index < -0.39 is 0 Å². The first-order valence-corrected chi connectivity index (χ1v) is 10.3. The summed E-state index contributed by atoms with van der Waals surface area (Å²) in [5.41, 5.74) is 7.07. The minimum absolute atomic E-state index is 0.173. The fourth-order valence-electron chi connectivity index (χ4n) is 4.60. The van der Waals surface area contributed by atoms with Crippen LogP contribution in [0.15, 0.2) is 18.2 Å². The number of hydrogen-bond donors (Lipinski definition) is 1. The third-order valence-corrected chi connectivity index (χ3v) is 6.25. The van der Waals surface area contributed by atoms with Gasteiger partial charge in [-0.15, -0.1) is 0 Å². The fourth-order valence-corrected chi connectivity index (χ4v) is 4.60. The summed E-state index contributed by atoms with van der Waals surface area (Å²) in [7, 11) is 1.59. The summed E-state index contributed by atoms with van der Waals surface area (Å²) in [4.78, 5) is 15.2. The lowest BCUT2D eigenvalue weighted by molar-refractivity contribution is 0.0954. The van der Waals surface area contributed by atoms with Crippen molar-refractivity contribution in [2.45, 2.75) is 57.8 Å². The van der Waals surface area contributed by atoms with E-state index in [1.165, 1.54) is 64.6 Å². The molecule has 1 saturated heterocycles. The summed E-state index contributed by atoms with van der Waals surface area (Å²) in [6.45, 7) is 3.72. The topological polar surface area (TPSA) is 55.6 Å². The Morgan fingerprint density at radius 1 is 1.12 bits per heavy atom. The lowest BCUT2D eigenvalue weighted by Crippen LogP contribution is -2.37. The molecule has 1 saturated carbocycles. The predicted octanol–water partition coefficient (Wildman–Crippen LogP) is 4.53. The zero-order valence-electron chi connectivity index (χ0n) is 16.2. The van der Waals surface area contributed by atoms with Crippen molar-refractivity contribution < 1.29 is 9.53 Å². The standard InChI is InChI=1S/C22H34N2O2/c1-26-22-15-19(23)8-9-20(22)21(25)10-7-17-11-13-24(14-12-17)16-18-5-3-2-4-6-18/h8-9,15,17-18H,2-7,10-14,16,23H2,1H3. The van der Waals surface area contributed by atoms with Crippen LogP contribution in [0.2, 0.25) is 0 Å². The average molecular weight is 359 g/mol. The van der Waals surface area contributed by atoms with Gasteiger partial charge in [-0.25, -0.2) is 0 Å². The van der Waals surface area contributed by atoms with E-state index in [1.54, 1.807) is 25.3 Å². The molecule has 26 heavy (non-hydrogen) atoms. The number of hydrogen-bond acceptors (Lipinski definition) is 4. The Morgan fingerprint density at radius 2 is 1.85 bits per heavy atom. The smallest absolute Gasteiger partial charge is 0.166 e. The second kappa shape index (κ2) is 9.40. The Bertz CT molecular complexity index is 588. The minimum atomic E-state index is 0.173. The number of carbonyl (C=O) groups excluding carboxylic acids is 1. The largest absolute Gasteiger partial charge is 0.496 e. The first-order chi connectivity index (χ1) is 12.7. The number of ketones is 1. The molecule has 144 valence electrons. The molecule has 1 aromatic rings. The van der Waals surface area contributed by atoms with Gasteiger partial charge in [-0.05, 0) is 69.2 Å². The monoisotopic (exact) mass is 358 g/mol. The second-order valence-corrected chi connectivity index (χ2v) is 8.17. The number of benzene rings is 1. The summed E-state index contributed by atoms with van der Waals surface area (Å²) < 4.78 is 5.32. The van der Waals surface area contributed by atoms with Gasteiger partial charge in [0.05, 0.1) is 12.7 Å². The van der Waals surface area contributed by atoms with Crippen molar-refractivity contribution in [3.63, 3.8) is 0 Å². The van der Waals surface area contributed by atoms with Crippen molar-refractivity contribution in [3.05, 3.63) is 23.8 Å². The van der Waals surface area contributed by atoms with Crippen molar-refractivity contribution in [1.82, 2.24) is 4.90 Å². The first-order valence-electron chi connectivity index (χ1n) is 10.3. The van der Waals surface area contributed by atoms with Crippen LogP contribution in [-0.2, 0) is 0 Å². The molecule has 1 heterocycles. The SMILES string of the molecule is COc1cc(N)ccc1C(=O)CCC1CCN(CC2CCCCC2)CC1. The van der Waals surface area contributed by atoms with Gasteiger partial charge < -0.3 is 15.4 Å². The lowest BCUT2D eigenvalue weighted by atomic mass is 9.87. The maximum Gasteiger partial charge on any atom is 0.166 e. The number of Topliss-reactive ketones (excluding diaryl/α,β-unsaturated/α-hetero) is 1. The molecule has 0 amide bonds. The number of carbonyl (C=O) groups is 1. The van der Waals surface area contributed by atoms with Gasteiger partial charge in [-0.3, -0.25) is 4.79 Å². The lowest BCUT2D eigenvalue weighted by Gasteiger charge is -2.35. The molecular weight excluding hydrogens is 324 g/mol. The van der Waals surface area contributed by atoms with Crippen LogP contribution < -0.4 is 10.5 Å². The van der Waals surface area contributed by atoms with Gasteiger partial charge in [-0.2, -0.15) is 0 Å². The van der Waals surface area contributed by atoms with Gasteiger partial charge in [0, 0.05) is 24.7 Å². The number of anilines is 1. The summed E-state index contributed by atoms with van der Waals surface area (Å²) in [5.74, 6) is 2.38. The van der Waals surface area contributed by atoms with E-state index in [0.29, 0.717) is 29.3 Å². The van der Waals surface area contributed by atoms with Crippen LogP contribution in [0.1, 0.15) is 68.1 Å². The highest BCUT2D eigenvalue weighted by Crippen LogP contribution is 2.29. The van der Waals surface area contributed by atoms with Gasteiger partial charge in [0.2, 0.25) is 0 Å². The van der Waals surface area contributed by atoms with E-state index in [2.05, 4.69) is 4.90 Å². The van der Waals surface area contributed by atoms with Crippen molar-refractivity contribution in [2.75, 3.05) is 32.5 Å². The van der Waals surface area contributed by atoms with Crippen LogP contribution in [-0.4, -0.2) is 37.4 Å². The molecule has 1 aromatic carbocycles. The van der Waals surface area contributed by atoms with Crippen LogP contribution in [0, 0.1) is 11.8 Å². The highest BCUT2D eigenvalue weighted by atomic mass is 16.5. The zero-order chi connectivity index (χ0) is 18.4. The van der Waals surface area contributed by atoms with Crippen LogP contribution in [0.25, 0.3) is 0 Å². The number of piperidine rings is 1. The van der Waals surface area contributed by atoms with Gasteiger partial charge in [0.1, 0.15) is 5.75 Å². The molecule has 0 unspecified atom stereocenters. The molecule has 2 aliphatic rings. The van der Waals surface area contributed by atoms with E-state index in [4.69, 9.17) is 10.5 Å². The number of methoxy groups -OCH3 is 1. The Morgan fingerprint density at radius 3 is 2.54 bits per heavy atom. The molecule has 3 rings (SSSR count). The molecular formula is C22H34N2O2. The Hall–Kier alpha value is -1.55. The van der Waals surface area contributed by atoms with E-state index in [-0.39, 0.29) is 5.78 Å². The first kappa shape index (κ1) is 19.2. The minimum Gasteiger partial charge on any atom is -0.496 e. The normalized spacial score (nSPS) is 20.2. The highest BCUT2D eigenvalue weighted by molar-refractivity contribution is 5.99. The maximum absolute atomic E-state index is 12.6. The Kier molecular flexibility index (Phi) is 6.95. The van der Waals surface area contributed by atoms with E-state index in [0.717, 1.165) is 12.3 Å². The molecule has 0 aromatic heterocycles. The zero-order valence-corrected chi connectivity index (χ0v) is 16.2. The van der Waals surface area contributed by atoms with Crippen LogP contribution in [0.5, 0.6) is 5.75 Å². The molecule has 0 atom stereocenters. The van der Waals surface area contributed by atoms with Crippen molar-refractivity contribution in [1.29, 1.82) is 0 Å². The quantitative estimate of drug-likeness (QED) is 0.574. The van der Waals surface area contributed by atoms with E-state index >= 15 is 0 Å². The molecule has 2 fully saturated rings. The molecule has 4 nitrogen and oxygen atoms in total. The second-order valence-electron chi connectivity index (χ2n) is 8.17. The Labute approximate surface area is 158 Å². The molecule has 2 N–H and O–H groups in total. The number of nitrogen functional groups attached to an aromatic ring is 1. The van der Waals surface area contributed by atoms with E-state index in [9.17, 15) is 4.79 Å². The molecule has 4 heteroatoms. The number of likely N-dealkylation sites (tertiary alicyclic amines) is 1. The molecule has 0 radical (unpaired) electrons. The predicted molar refractivity (Wildman–Crippen MR) is 107 cm³/mol. The van der Waals surface area contributed by atoms with Gasteiger partial charge in [0.15, 0.2) is 5.78 Å². The van der Waals surface area contributed by atoms with Gasteiger partial charge in [0.25, 0.3) is 0 Å². The Balaban J connectivity index is 1.41. The third-order valence-electron chi connectivity index (χ3n) is 6.25. The third kappa shape index (κ3) is 5.23. The average Bonchev–Trinajstić information content (AvgIpc) is 2.68. The summed E-state index contributed by atoms with van der Waals surface area (Å²) in [5, 5.41) is 0. The number of rotatable bonds is 7. The molecule has 1 aliphatic heterocycles. The maximum atomic E-state index is 12.6. The number of ether oxygens (including phenoxy) is 1. The van der Waals surface area contributed by atoms with E-state index in [1.807, 2.05) is 0 Å². The van der Waals surface area contributed by atoms with Crippen LogP contribution >= 0.6 is 0 Å². The highest BCUT2D eigenvalue weighted by Gasteiger charge is 2.23. The van der Waals surface area contributed by atoms with Gasteiger partial charge >= 0.3 is 0 Å². The van der Waals surface area contributed by atoms with Crippen molar-refractivity contribution in [2.24, 2.45) is 11.8 Å². The van der Waals surface area contributed by atoms with Crippen molar-refractivity contribution in [3.8, 4) is 5.75 Å². The summed E-state index contributed by atoms with van der Waals surface area (Å²) in [6.07, 6.45) is 11.2. The molecule has 0 spiro atoms. The van der Waals surface area contributed by atoms with Crippen LogP contribution in [0.4, 0.5) is 5.69 Å². The number of nitrogens with zero attached hydrogens (tertiary/aromatic N) is 1. The van der Waals surface area contributed by atoms with Gasteiger partial charge in [-0.1, -0.05) is 19.3 Å². The number of nitrogens with two attached hydrogens (primary N) is 1.